The Kier molecular flexibility index (Phi) is 5.56. The predicted molar refractivity (Wildman–Crippen MR) is 87.1 cm³/mol. The van der Waals surface area contributed by atoms with E-state index in [4.69, 9.17) is 23.2 Å². The lowest BCUT2D eigenvalue weighted by Crippen LogP contribution is -2.48. The van der Waals surface area contributed by atoms with Crippen LogP contribution in [0.2, 0.25) is 10.0 Å². The molecule has 1 aromatic rings. The normalized spacial score (nSPS) is 15.4. The highest BCUT2D eigenvalue weighted by Gasteiger charge is 2.16. The number of carbonyl (C=O) groups is 1. The molecule has 1 aliphatic rings. The number of hydrogen-bond acceptors (Lipinski definition) is 3. The third-order valence-electron chi connectivity index (χ3n) is 2.91. The fourth-order valence-corrected chi connectivity index (χ4v) is 3.02. The number of carbonyl (C=O) groups excluding carboxylic acids is 1. The minimum absolute atomic E-state index is 0.100. The first-order valence-electron chi connectivity index (χ1n) is 5.95. The number of hydrogen-bond donors (Lipinski definition) is 2. The van der Waals surface area contributed by atoms with E-state index in [-0.39, 0.29) is 12.5 Å². The Hall–Kier alpha value is -0.240. The van der Waals surface area contributed by atoms with E-state index in [0.29, 0.717) is 10.0 Å². The molecule has 0 atom stereocenters. The van der Waals surface area contributed by atoms with E-state index in [1.54, 1.807) is 12.1 Å². The second-order valence-corrected chi connectivity index (χ2v) is 6.21. The Morgan fingerprint density at radius 3 is 2.63 bits per heavy atom. The first-order chi connectivity index (χ1) is 9.08. The zero-order chi connectivity index (χ0) is 13.8. The molecule has 0 aliphatic carbocycles. The van der Waals surface area contributed by atoms with Crippen molar-refractivity contribution in [3.8, 4) is 0 Å². The highest BCUT2D eigenvalue weighted by Crippen LogP contribution is 2.29. The number of halogens is 3. The van der Waals surface area contributed by atoms with Crippen LogP contribution in [0.5, 0.6) is 0 Å². The molecule has 1 aliphatic heterocycles. The smallest absolute Gasteiger partial charge is 0.241 e. The van der Waals surface area contributed by atoms with Crippen molar-refractivity contribution in [2.24, 2.45) is 0 Å². The lowest BCUT2D eigenvalue weighted by molar-refractivity contribution is -0.129. The summed E-state index contributed by atoms with van der Waals surface area (Å²) in [5, 5.41) is 7.34. The molecule has 0 bridgehead atoms. The Labute approximate surface area is 136 Å². The van der Waals surface area contributed by atoms with Gasteiger partial charge in [0.05, 0.1) is 16.6 Å². The van der Waals surface area contributed by atoms with Crippen LogP contribution in [0.1, 0.15) is 0 Å². The summed E-state index contributed by atoms with van der Waals surface area (Å²) in [6, 6.07) is 3.53. The summed E-state index contributed by atoms with van der Waals surface area (Å²) < 4.78 is 0.945. The molecule has 1 heterocycles. The monoisotopic (exact) mass is 413 g/mol. The summed E-state index contributed by atoms with van der Waals surface area (Å²) in [4.78, 5) is 13.9. The molecule has 1 fully saturated rings. The van der Waals surface area contributed by atoms with Gasteiger partial charge in [0.25, 0.3) is 0 Å². The lowest BCUT2D eigenvalue weighted by Gasteiger charge is -2.27. The topological polar surface area (TPSA) is 44.4 Å². The van der Waals surface area contributed by atoms with E-state index in [1.165, 1.54) is 0 Å². The zero-order valence-electron chi connectivity index (χ0n) is 10.2. The number of nitrogens with one attached hydrogen (secondary N) is 2. The van der Waals surface area contributed by atoms with Crippen molar-refractivity contribution < 1.29 is 4.79 Å². The van der Waals surface area contributed by atoms with Gasteiger partial charge in [-0.2, -0.15) is 0 Å². The van der Waals surface area contributed by atoms with Crippen molar-refractivity contribution in [1.29, 1.82) is 0 Å². The third kappa shape index (κ3) is 4.11. The van der Waals surface area contributed by atoms with Gasteiger partial charge in [-0.15, -0.1) is 0 Å². The molecule has 7 heteroatoms. The van der Waals surface area contributed by atoms with Crippen molar-refractivity contribution in [3.05, 3.63) is 25.7 Å². The highest BCUT2D eigenvalue weighted by atomic mass is 127. The molecule has 0 radical (unpaired) electrons. The van der Waals surface area contributed by atoms with E-state index >= 15 is 0 Å². The van der Waals surface area contributed by atoms with Gasteiger partial charge in [-0.25, -0.2) is 0 Å². The van der Waals surface area contributed by atoms with E-state index in [9.17, 15) is 4.79 Å². The van der Waals surface area contributed by atoms with Gasteiger partial charge in [0, 0.05) is 35.4 Å². The summed E-state index contributed by atoms with van der Waals surface area (Å²) >= 11 is 14.1. The van der Waals surface area contributed by atoms with Gasteiger partial charge < -0.3 is 15.5 Å². The number of amides is 1. The molecular weight excluding hydrogens is 400 g/mol. The largest absolute Gasteiger partial charge is 0.375 e. The molecular formula is C12H14Cl2IN3O. The van der Waals surface area contributed by atoms with Crippen LogP contribution in [0.4, 0.5) is 5.69 Å². The van der Waals surface area contributed by atoms with Gasteiger partial charge in [-0.1, -0.05) is 23.2 Å². The number of piperazine rings is 1. The average molecular weight is 414 g/mol. The quantitative estimate of drug-likeness (QED) is 0.590. The van der Waals surface area contributed by atoms with Crippen LogP contribution < -0.4 is 10.6 Å². The van der Waals surface area contributed by atoms with Crippen molar-refractivity contribution >= 4 is 57.4 Å². The Morgan fingerprint density at radius 2 is 1.95 bits per heavy atom. The molecule has 19 heavy (non-hydrogen) atoms. The third-order valence-corrected chi connectivity index (χ3v) is 4.52. The van der Waals surface area contributed by atoms with Crippen LogP contribution in [0, 0.1) is 3.57 Å². The summed E-state index contributed by atoms with van der Waals surface area (Å²) in [5.74, 6) is 0.100. The minimum Gasteiger partial charge on any atom is -0.375 e. The van der Waals surface area contributed by atoms with Crippen molar-refractivity contribution in [2.75, 3.05) is 38.0 Å². The van der Waals surface area contributed by atoms with Gasteiger partial charge in [0.2, 0.25) is 5.91 Å². The molecule has 2 N–H and O–H groups in total. The van der Waals surface area contributed by atoms with Gasteiger partial charge >= 0.3 is 0 Å². The van der Waals surface area contributed by atoms with Crippen molar-refractivity contribution in [2.45, 2.75) is 0 Å². The van der Waals surface area contributed by atoms with Crippen LogP contribution in [0.15, 0.2) is 12.1 Å². The van der Waals surface area contributed by atoms with Gasteiger partial charge in [-0.05, 0) is 34.7 Å². The molecule has 0 aromatic heterocycles. The highest BCUT2D eigenvalue weighted by molar-refractivity contribution is 14.1. The molecule has 0 unspecified atom stereocenters. The molecule has 0 saturated carbocycles. The number of benzene rings is 1. The molecule has 1 saturated heterocycles. The fraction of sp³-hybridized carbons (Fsp3) is 0.417. The molecule has 104 valence electrons. The standard InChI is InChI=1S/C12H14Cl2IN3O/c13-8-5-10(15)11(6-9(8)14)17-7-12(19)18-3-1-16-2-4-18/h5-6,16-17H,1-4,7H2. The van der Waals surface area contributed by atoms with Crippen LogP contribution in [0.3, 0.4) is 0 Å². The first kappa shape index (κ1) is 15.2. The van der Waals surface area contributed by atoms with Crippen molar-refractivity contribution in [3.63, 3.8) is 0 Å². The predicted octanol–water partition coefficient (Wildman–Crippen LogP) is 2.44. The van der Waals surface area contributed by atoms with Gasteiger partial charge in [-0.3, -0.25) is 4.79 Å². The zero-order valence-corrected chi connectivity index (χ0v) is 13.8. The summed E-state index contributed by atoms with van der Waals surface area (Å²) in [6.07, 6.45) is 0. The second kappa shape index (κ2) is 6.97. The average Bonchev–Trinajstić information content (AvgIpc) is 2.42. The van der Waals surface area contributed by atoms with Crippen LogP contribution in [-0.2, 0) is 4.79 Å². The molecule has 1 amide bonds. The number of anilines is 1. The Morgan fingerprint density at radius 1 is 1.32 bits per heavy atom. The maximum Gasteiger partial charge on any atom is 0.241 e. The van der Waals surface area contributed by atoms with E-state index in [1.807, 2.05) is 4.90 Å². The van der Waals surface area contributed by atoms with Crippen LogP contribution in [-0.4, -0.2) is 43.5 Å². The molecule has 0 spiro atoms. The van der Waals surface area contributed by atoms with E-state index in [0.717, 1.165) is 35.4 Å². The maximum absolute atomic E-state index is 12.0. The van der Waals surface area contributed by atoms with E-state index < -0.39 is 0 Å². The fourth-order valence-electron chi connectivity index (χ4n) is 1.85. The van der Waals surface area contributed by atoms with Crippen LogP contribution >= 0.6 is 45.8 Å². The lowest BCUT2D eigenvalue weighted by atomic mass is 10.3. The summed E-state index contributed by atoms with van der Waals surface area (Å²) in [5.41, 5.74) is 0.832. The van der Waals surface area contributed by atoms with Crippen LogP contribution in [0.25, 0.3) is 0 Å². The Balaban J connectivity index is 1.94. The summed E-state index contributed by atoms with van der Waals surface area (Å²) in [6.45, 7) is 3.51. The maximum atomic E-state index is 12.0. The SMILES string of the molecule is O=C(CNc1cc(Cl)c(Cl)cc1I)N1CCNCC1. The minimum atomic E-state index is 0.100. The second-order valence-electron chi connectivity index (χ2n) is 4.23. The van der Waals surface area contributed by atoms with Gasteiger partial charge in [0.1, 0.15) is 0 Å². The molecule has 1 aromatic carbocycles. The molecule has 4 nitrogen and oxygen atoms in total. The molecule has 2 rings (SSSR count). The Bertz CT molecular complexity index is 478. The van der Waals surface area contributed by atoms with Crippen molar-refractivity contribution in [1.82, 2.24) is 10.2 Å². The summed E-state index contributed by atoms with van der Waals surface area (Å²) in [7, 11) is 0. The van der Waals surface area contributed by atoms with E-state index in [2.05, 4.69) is 33.2 Å². The van der Waals surface area contributed by atoms with Gasteiger partial charge in [0.15, 0.2) is 0 Å². The number of rotatable bonds is 3. The first-order valence-corrected chi connectivity index (χ1v) is 7.78. The number of nitrogens with zero attached hydrogens (tertiary/aromatic N) is 1.